The topological polar surface area (TPSA) is 89.3 Å². The molecule has 100 valence electrons. The van der Waals surface area contributed by atoms with Crippen molar-refractivity contribution in [1.82, 2.24) is 5.32 Å². The normalized spacial score (nSPS) is 11.2. The van der Waals surface area contributed by atoms with E-state index in [1.807, 2.05) is 0 Å². The van der Waals surface area contributed by atoms with Crippen molar-refractivity contribution in [3.05, 3.63) is 28.2 Å². The maximum atomic E-state index is 11.8. The number of halogens is 1. The van der Waals surface area contributed by atoms with Gasteiger partial charge in [-0.05, 0) is 34.5 Å². The van der Waals surface area contributed by atoms with Crippen LogP contribution in [0, 0.1) is 0 Å². The fourth-order valence-electron chi connectivity index (χ4n) is 1.36. The van der Waals surface area contributed by atoms with Crippen LogP contribution in [-0.2, 0) is 9.84 Å². The molecule has 1 aromatic rings. The fraction of sp³-hybridized carbons (Fsp3) is 0.364. The van der Waals surface area contributed by atoms with E-state index in [1.54, 1.807) is 18.2 Å². The molecular weight excluding hydrogens is 320 g/mol. The van der Waals surface area contributed by atoms with Gasteiger partial charge in [0.15, 0.2) is 0 Å². The Morgan fingerprint density at radius 1 is 1.44 bits per heavy atom. The third-order valence-corrected chi connectivity index (χ3v) is 4.17. The summed E-state index contributed by atoms with van der Waals surface area (Å²) in [5.74, 6) is -0.214. The first kappa shape index (κ1) is 15.0. The molecule has 0 fully saturated rings. The van der Waals surface area contributed by atoms with Crippen LogP contribution < -0.4 is 11.1 Å². The second-order valence-electron chi connectivity index (χ2n) is 3.95. The first-order chi connectivity index (χ1) is 8.31. The lowest BCUT2D eigenvalue weighted by molar-refractivity contribution is 0.0953. The monoisotopic (exact) mass is 334 g/mol. The lowest BCUT2D eigenvalue weighted by Gasteiger charge is -2.07. The minimum absolute atomic E-state index is 0.0609. The third kappa shape index (κ3) is 4.66. The van der Waals surface area contributed by atoms with Gasteiger partial charge >= 0.3 is 0 Å². The lowest BCUT2D eigenvalue weighted by Crippen LogP contribution is -2.26. The zero-order chi connectivity index (χ0) is 13.8. The van der Waals surface area contributed by atoms with Crippen molar-refractivity contribution in [2.45, 2.75) is 6.42 Å². The van der Waals surface area contributed by atoms with Crippen molar-refractivity contribution < 1.29 is 13.2 Å². The van der Waals surface area contributed by atoms with Crippen molar-refractivity contribution in [1.29, 1.82) is 0 Å². The van der Waals surface area contributed by atoms with E-state index in [4.69, 9.17) is 5.73 Å². The van der Waals surface area contributed by atoms with E-state index in [1.165, 1.54) is 6.26 Å². The van der Waals surface area contributed by atoms with Crippen LogP contribution in [0.3, 0.4) is 0 Å². The third-order valence-electron chi connectivity index (χ3n) is 2.25. The van der Waals surface area contributed by atoms with Gasteiger partial charge in [0.2, 0.25) is 0 Å². The van der Waals surface area contributed by atoms with Crippen LogP contribution >= 0.6 is 15.9 Å². The fourth-order valence-corrected chi connectivity index (χ4v) is 2.47. The maximum absolute atomic E-state index is 11.8. The smallest absolute Gasteiger partial charge is 0.252 e. The highest BCUT2D eigenvalue weighted by Gasteiger charge is 2.11. The van der Waals surface area contributed by atoms with Gasteiger partial charge in [0.1, 0.15) is 9.84 Å². The molecule has 0 heterocycles. The number of anilines is 1. The number of carbonyl (C=O) groups excluding carboxylic acids is 1. The molecule has 0 atom stereocenters. The molecule has 0 aliphatic carbocycles. The predicted octanol–water partition coefficient (Wildman–Crippen LogP) is 1.20. The van der Waals surface area contributed by atoms with Gasteiger partial charge in [0, 0.05) is 18.5 Å². The summed E-state index contributed by atoms with van der Waals surface area (Å²) in [5.41, 5.74) is 6.59. The van der Waals surface area contributed by atoms with E-state index in [-0.39, 0.29) is 11.7 Å². The van der Waals surface area contributed by atoms with Gasteiger partial charge in [-0.1, -0.05) is 6.07 Å². The molecule has 1 aromatic carbocycles. The number of rotatable bonds is 5. The van der Waals surface area contributed by atoms with Crippen LogP contribution in [0.1, 0.15) is 16.8 Å². The molecule has 18 heavy (non-hydrogen) atoms. The number of amides is 1. The number of carbonyl (C=O) groups is 1. The van der Waals surface area contributed by atoms with Crippen LogP contribution in [0.25, 0.3) is 0 Å². The minimum atomic E-state index is -2.98. The molecule has 0 aromatic heterocycles. The highest BCUT2D eigenvalue weighted by Crippen LogP contribution is 2.23. The summed E-state index contributed by atoms with van der Waals surface area (Å²) in [5, 5.41) is 2.65. The second-order valence-corrected chi connectivity index (χ2v) is 7.00. The van der Waals surface area contributed by atoms with E-state index in [0.29, 0.717) is 28.7 Å². The number of benzene rings is 1. The Morgan fingerprint density at radius 2 is 2.11 bits per heavy atom. The molecule has 7 heteroatoms. The number of hydrogen-bond donors (Lipinski definition) is 2. The minimum Gasteiger partial charge on any atom is -0.398 e. The number of sulfone groups is 1. The largest absolute Gasteiger partial charge is 0.398 e. The summed E-state index contributed by atoms with van der Waals surface area (Å²) in [6.07, 6.45) is 1.56. The molecular formula is C11H15BrN2O3S. The van der Waals surface area contributed by atoms with Crippen molar-refractivity contribution in [2.24, 2.45) is 0 Å². The molecule has 3 N–H and O–H groups in total. The molecule has 0 saturated heterocycles. The number of hydrogen-bond acceptors (Lipinski definition) is 4. The molecule has 1 rings (SSSR count). The summed E-state index contributed by atoms with van der Waals surface area (Å²) in [7, 11) is -2.98. The zero-order valence-corrected chi connectivity index (χ0v) is 12.3. The highest BCUT2D eigenvalue weighted by molar-refractivity contribution is 9.10. The molecule has 0 radical (unpaired) electrons. The van der Waals surface area contributed by atoms with Gasteiger partial charge in [-0.3, -0.25) is 4.79 Å². The van der Waals surface area contributed by atoms with E-state index >= 15 is 0 Å². The molecule has 0 aliphatic heterocycles. The van der Waals surface area contributed by atoms with Crippen molar-refractivity contribution >= 4 is 37.4 Å². The summed E-state index contributed by atoms with van der Waals surface area (Å²) in [4.78, 5) is 11.8. The molecule has 0 spiro atoms. The predicted molar refractivity (Wildman–Crippen MR) is 75.2 cm³/mol. The summed E-state index contributed by atoms with van der Waals surface area (Å²) < 4.78 is 22.4. The molecule has 0 saturated carbocycles. The molecule has 0 aliphatic rings. The molecule has 1 amide bonds. The maximum Gasteiger partial charge on any atom is 0.252 e. The zero-order valence-electron chi connectivity index (χ0n) is 9.94. The first-order valence-electron chi connectivity index (χ1n) is 5.31. The van der Waals surface area contributed by atoms with Gasteiger partial charge in [-0.2, -0.15) is 0 Å². The number of nitrogen functional groups attached to an aromatic ring is 1. The summed E-state index contributed by atoms with van der Waals surface area (Å²) >= 11 is 3.24. The van der Waals surface area contributed by atoms with Crippen LogP contribution in [0.15, 0.2) is 22.7 Å². The standard InChI is InChI=1S/C11H15BrN2O3S/c1-18(16,17)7-3-6-14-11(15)8-4-2-5-9(13)10(8)12/h2,4-5H,3,6-7,13H2,1H3,(H,14,15). The Labute approximate surface area is 115 Å². The SMILES string of the molecule is CS(=O)(=O)CCCNC(=O)c1cccc(N)c1Br. The first-order valence-corrected chi connectivity index (χ1v) is 8.16. The van der Waals surface area contributed by atoms with Gasteiger partial charge < -0.3 is 11.1 Å². The van der Waals surface area contributed by atoms with E-state index in [2.05, 4.69) is 21.2 Å². The Hall–Kier alpha value is -1.08. The average Bonchev–Trinajstić information content (AvgIpc) is 2.26. The number of nitrogens with one attached hydrogen (secondary N) is 1. The second kappa shape index (κ2) is 6.19. The van der Waals surface area contributed by atoms with Crippen LogP contribution in [0.5, 0.6) is 0 Å². The van der Waals surface area contributed by atoms with Crippen molar-refractivity contribution in [3.63, 3.8) is 0 Å². The van der Waals surface area contributed by atoms with E-state index in [0.717, 1.165) is 0 Å². The lowest BCUT2D eigenvalue weighted by atomic mass is 10.2. The van der Waals surface area contributed by atoms with Gasteiger partial charge in [0.25, 0.3) is 5.91 Å². The molecule has 5 nitrogen and oxygen atoms in total. The Bertz CT molecular complexity index is 543. The van der Waals surface area contributed by atoms with E-state index in [9.17, 15) is 13.2 Å². The highest BCUT2D eigenvalue weighted by atomic mass is 79.9. The van der Waals surface area contributed by atoms with Crippen LogP contribution in [0.2, 0.25) is 0 Å². The van der Waals surface area contributed by atoms with E-state index < -0.39 is 9.84 Å². The summed E-state index contributed by atoms with van der Waals surface area (Å²) in [6, 6.07) is 5.02. The Balaban J connectivity index is 2.54. The van der Waals surface area contributed by atoms with Gasteiger partial charge in [-0.15, -0.1) is 0 Å². The molecule has 0 bridgehead atoms. The van der Waals surface area contributed by atoms with Crippen LogP contribution in [-0.4, -0.2) is 32.9 Å². The number of nitrogens with two attached hydrogens (primary N) is 1. The van der Waals surface area contributed by atoms with Gasteiger partial charge in [-0.25, -0.2) is 8.42 Å². The quantitative estimate of drug-likeness (QED) is 0.625. The average molecular weight is 335 g/mol. The Morgan fingerprint density at radius 3 is 2.72 bits per heavy atom. The molecule has 0 unspecified atom stereocenters. The van der Waals surface area contributed by atoms with Crippen molar-refractivity contribution in [2.75, 3.05) is 24.3 Å². The van der Waals surface area contributed by atoms with Gasteiger partial charge in [0.05, 0.1) is 15.8 Å². The van der Waals surface area contributed by atoms with Crippen LogP contribution in [0.4, 0.5) is 5.69 Å². The Kier molecular flexibility index (Phi) is 5.15. The summed E-state index contributed by atoms with van der Waals surface area (Å²) in [6.45, 7) is 0.313. The van der Waals surface area contributed by atoms with Crippen molar-refractivity contribution in [3.8, 4) is 0 Å².